The first kappa shape index (κ1) is 11.7. The van der Waals surface area contributed by atoms with E-state index in [1.807, 2.05) is 0 Å². The molecule has 0 aromatic rings. The number of hydrogen-bond donors (Lipinski definition) is 3. The molecule has 7 heteroatoms. The van der Waals surface area contributed by atoms with Gasteiger partial charge in [-0.1, -0.05) is 21.6 Å². The molecule has 4 radical (unpaired) electrons. The van der Waals surface area contributed by atoms with Crippen LogP contribution in [0.2, 0.25) is 0 Å². The second-order valence-corrected chi connectivity index (χ2v) is 4.73. The van der Waals surface area contributed by atoms with Crippen molar-refractivity contribution < 1.29 is 5.11 Å². The zero-order chi connectivity index (χ0) is 8.91. The summed E-state index contributed by atoms with van der Waals surface area (Å²) in [6, 6.07) is 0. The van der Waals surface area contributed by atoms with Gasteiger partial charge in [-0.05, 0) is 11.7 Å². The number of hydrogen-bond acceptors (Lipinski definition) is 5. The number of nitrogens with two attached hydrogens (primary N) is 2. The summed E-state index contributed by atoms with van der Waals surface area (Å²) >= 11 is 0. The molecule has 3 nitrogen and oxygen atoms in total. The quantitative estimate of drug-likeness (QED) is 0.281. The predicted octanol–water partition coefficient (Wildman–Crippen LogP) is -1.41. The summed E-state index contributed by atoms with van der Waals surface area (Å²) in [6.45, 7) is 0.394. The van der Waals surface area contributed by atoms with Crippen molar-refractivity contribution in [3.8, 4) is 0 Å². The van der Waals surface area contributed by atoms with Crippen molar-refractivity contribution in [1.82, 2.24) is 0 Å². The molecular weight excluding hydrogens is 178 g/mol. The van der Waals surface area contributed by atoms with Crippen molar-refractivity contribution in [3.05, 3.63) is 0 Å². The van der Waals surface area contributed by atoms with Crippen LogP contribution in [-0.4, -0.2) is 43.9 Å². The molecule has 0 fully saturated rings. The van der Waals surface area contributed by atoms with E-state index in [0.29, 0.717) is 6.54 Å². The summed E-state index contributed by atoms with van der Waals surface area (Å²) < 4.78 is 0. The van der Waals surface area contributed by atoms with E-state index in [1.54, 1.807) is 0 Å². The normalized spacial score (nSPS) is 19.2. The maximum atomic E-state index is 8.85. The van der Waals surface area contributed by atoms with E-state index in [2.05, 4.69) is 0 Å². The van der Waals surface area contributed by atoms with Gasteiger partial charge in [-0.15, -0.1) is 0 Å². The molecule has 11 heavy (non-hydrogen) atoms. The Balaban J connectivity index is 3.28. The highest BCUT2D eigenvalue weighted by atomic mass is 33.1. The van der Waals surface area contributed by atoms with E-state index in [0.717, 1.165) is 0 Å². The molecule has 2 atom stereocenters. The fraction of sp³-hybridized carbons (Fsp3) is 1.00. The Morgan fingerprint density at radius 1 is 1.64 bits per heavy atom. The summed E-state index contributed by atoms with van der Waals surface area (Å²) in [4.78, 5) is 0. The Labute approximate surface area is 77.3 Å². The molecule has 0 aromatic heterocycles. The first-order chi connectivity index (χ1) is 4.95. The van der Waals surface area contributed by atoms with Gasteiger partial charge in [0, 0.05) is 5.75 Å². The summed E-state index contributed by atoms with van der Waals surface area (Å²) in [7, 11) is 13.2. The van der Waals surface area contributed by atoms with Crippen LogP contribution in [0.4, 0.5) is 0 Å². The molecule has 0 spiro atoms. The van der Waals surface area contributed by atoms with E-state index < -0.39 is 5.62 Å². The Bertz CT molecular complexity index is 111. The number of rotatable bonds is 5. The van der Waals surface area contributed by atoms with Gasteiger partial charge in [0.2, 0.25) is 0 Å². The predicted molar refractivity (Wildman–Crippen MR) is 53.5 cm³/mol. The van der Waals surface area contributed by atoms with Crippen LogP contribution in [0.15, 0.2) is 0 Å². The molecule has 0 saturated carbocycles. The molecule has 5 N–H and O–H groups in total. The highest BCUT2D eigenvalue weighted by molar-refractivity contribution is 8.77. The first-order valence-corrected chi connectivity index (χ1v) is 5.38. The molecule has 0 amide bonds. The van der Waals surface area contributed by atoms with E-state index in [9.17, 15) is 0 Å². The SMILES string of the molecule is [B]C(CN)SSCC([B])(N)O. The molecule has 0 aliphatic carbocycles. The lowest BCUT2D eigenvalue weighted by Crippen LogP contribution is -2.42. The van der Waals surface area contributed by atoms with Crippen molar-refractivity contribution in [3.63, 3.8) is 0 Å². The van der Waals surface area contributed by atoms with Crippen LogP contribution in [0.3, 0.4) is 0 Å². The van der Waals surface area contributed by atoms with Crippen molar-refractivity contribution in [2.75, 3.05) is 12.3 Å². The molecule has 0 aromatic carbocycles. The maximum Gasteiger partial charge on any atom is 0.136 e. The van der Waals surface area contributed by atoms with Crippen LogP contribution in [0.25, 0.3) is 0 Å². The zero-order valence-electron chi connectivity index (χ0n) is 6.06. The molecule has 60 valence electrons. The van der Waals surface area contributed by atoms with Gasteiger partial charge in [0.05, 0.1) is 13.5 Å². The Kier molecular flexibility index (Phi) is 5.72. The summed E-state index contributed by atoms with van der Waals surface area (Å²) in [5.74, 6) is 0.228. The lowest BCUT2D eigenvalue weighted by Gasteiger charge is -2.17. The average molecular weight is 188 g/mol. The minimum atomic E-state index is -1.62. The van der Waals surface area contributed by atoms with Crippen molar-refractivity contribution in [1.29, 1.82) is 0 Å². The Hall–Kier alpha value is 0.710. The van der Waals surface area contributed by atoms with Crippen LogP contribution in [0.1, 0.15) is 0 Å². The monoisotopic (exact) mass is 188 g/mol. The Morgan fingerprint density at radius 2 is 2.18 bits per heavy atom. The van der Waals surface area contributed by atoms with Crippen LogP contribution in [-0.2, 0) is 0 Å². The fourth-order valence-corrected chi connectivity index (χ4v) is 2.30. The first-order valence-electron chi connectivity index (χ1n) is 3.00. The van der Waals surface area contributed by atoms with E-state index in [1.165, 1.54) is 21.6 Å². The molecule has 0 aliphatic heterocycles. The highest BCUT2D eigenvalue weighted by Crippen LogP contribution is 2.25. The van der Waals surface area contributed by atoms with Gasteiger partial charge in [-0.3, -0.25) is 0 Å². The Morgan fingerprint density at radius 3 is 2.55 bits per heavy atom. The van der Waals surface area contributed by atoms with Crippen molar-refractivity contribution in [2.24, 2.45) is 11.5 Å². The smallest absolute Gasteiger partial charge is 0.136 e. The van der Waals surface area contributed by atoms with Gasteiger partial charge >= 0.3 is 0 Å². The van der Waals surface area contributed by atoms with Crippen molar-refractivity contribution >= 4 is 37.3 Å². The summed E-state index contributed by atoms with van der Waals surface area (Å²) in [5, 5.41) is 8.72. The van der Waals surface area contributed by atoms with E-state index >= 15 is 0 Å². The van der Waals surface area contributed by atoms with E-state index in [-0.39, 0.29) is 10.9 Å². The lowest BCUT2D eigenvalue weighted by atomic mass is 9.95. The minimum absolute atomic E-state index is 0.137. The molecule has 0 saturated heterocycles. The molecule has 0 rings (SSSR count). The topological polar surface area (TPSA) is 72.3 Å². The third kappa shape index (κ3) is 8.62. The molecule has 0 bridgehead atoms. The van der Waals surface area contributed by atoms with Gasteiger partial charge in [-0.2, -0.15) is 0 Å². The molecule has 2 unspecified atom stereocenters. The van der Waals surface area contributed by atoms with Gasteiger partial charge in [-0.25, -0.2) is 0 Å². The summed E-state index contributed by atoms with van der Waals surface area (Å²) in [6.07, 6.45) is 0. The van der Waals surface area contributed by atoms with Gasteiger partial charge < -0.3 is 16.6 Å². The minimum Gasteiger partial charge on any atom is -0.385 e. The maximum absolute atomic E-state index is 8.85. The standard InChI is InChI=1S/C4H10B2N2OS2/c5-3(1-7)11-10-2-4(6,8)9/h3,9H,1-2,7-8H2. The van der Waals surface area contributed by atoms with Gasteiger partial charge in [0.1, 0.15) is 7.85 Å². The summed E-state index contributed by atoms with van der Waals surface area (Å²) in [5.41, 5.74) is 8.71. The molecular formula is C4H10B2N2OS2. The fourth-order valence-electron chi connectivity index (χ4n) is 0.255. The van der Waals surface area contributed by atoms with E-state index in [4.69, 9.17) is 32.3 Å². The molecule has 0 aliphatic rings. The third-order valence-electron chi connectivity index (χ3n) is 0.714. The lowest BCUT2D eigenvalue weighted by molar-refractivity contribution is 0.162. The largest absolute Gasteiger partial charge is 0.385 e. The number of aliphatic hydroxyl groups is 1. The second kappa shape index (κ2) is 5.37. The van der Waals surface area contributed by atoms with Crippen LogP contribution in [0, 0.1) is 0 Å². The second-order valence-electron chi connectivity index (χ2n) is 2.12. The third-order valence-corrected chi connectivity index (χ3v) is 3.37. The van der Waals surface area contributed by atoms with Crippen LogP contribution < -0.4 is 11.5 Å². The average Bonchev–Trinajstić information content (AvgIpc) is 1.85. The van der Waals surface area contributed by atoms with Crippen molar-refractivity contribution in [2.45, 2.75) is 10.8 Å². The van der Waals surface area contributed by atoms with Gasteiger partial charge in [0.15, 0.2) is 0 Å². The van der Waals surface area contributed by atoms with Gasteiger partial charge in [0.25, 0.3) is 0 Å². The zero-order valence-corrected chi connectivity index (χ0v) is 7.70. The molecule has 0 heterocycles. The van der Waals surface area contributed by atoms with Crippen LogP contribution in [0.5, 0.6) is 0 Å². The van der Waals surface area contributed by atoms with Crippen LogP contribution >= 0.6 is 21.6 Å². The highest BCUT2D eigenvalue weighted by Gasteiger charge is 2.12.